The molecule has 0 amide bonds. The first kappa shape index (κ1) is 7.17. The summed E-state index contributed by atoms with van der Waals surface area (Å²) in [5.41, 5.74) is 2.32. The van der Waals surface area contributed by atoms with E-state index in [1.165, 1.54) is 5.56 Å². The summed E-state index contributed by atoms with van der Waals surface area (Å²) in [6.45, 7) is 0.783. The Morgan fingerprint density at radius 1 is 1.50 bits per heavy atom. The largest absolute Gasteiger partial charge is 0.493 e. The van der Waals surface area contributed by atoms with Crippen LogP contribution < -0.4 is 4.74 Å². The third-order valence-corrected chi connectivity index (χ3v) is 2.04. The fourth-order valence-corrected chi connectivity index (χ4v) is 1.44. The molecular formula is C10H9NO. The van der Waals surface area contributed by atoms with E-state index in [2.05, 4.69) is 12.1 Å². The normalized spacial score (nSPS) is 13.2. The van der Waals surface area contributed by atoms with Crippen LogP contribution in [0.2, 0.25) is 0 Å². The minimum atomic E-state index is 0.493. The predicted molar refractivity (Wildman–Crippen MR) is 45.0 cm³/mol. The fourth-order valence-electron chi connectivity index (χ4n) is 1.44. The third-order valence-electron chi connectivity index (χ3n) is 2.04. The van der Waals surface area contributed by atoms with Crippen LogP contribution >= 0.6 is 0 Å². The maximum Gasteiger partial charge on any atom is 0.122 e. The highest BCUT2D eigenvalue weighted by molar-refractivity contribution is 5.40. The zero-order valence-corrected chi connectivity index (χ0v) is 6.71. The topological polar surface area (TPSA) is 33.0 Å². The molecule has 0 aliphatic carbocycles. The smallest absolute Gasteiger partial charge is 0.122 e. The Morgan fingerprint density at radius 3 is 3.25 bits per heavy atom. The number of benzene rings is 1. The summed E-state index contributed by atoms with van der Waals surface area (Å²) in [4.78, 5) is 0. The first-order chi connectivity index (χ1) is 5.90. The van der Waals surface area contributed by atoms with Gasteiger partial charge in [0.15, 0.2) is 0 Å². The maximum absolute atomic E-state index is 8.49. The third kappa shape index (κ3) is 1.14. The SMILES string of the molecule is N#CCc1ccc2c(c1)CCO2. The molecule has 12 heavy (non-hydrogen) atoms. The highest BCUT2D eigenvalue weighted by Crippen LogP contribution is 2.25. The number of nitrogens with zero attached hydrogens (tertiary/aromatic N) is 1. The van der Waals surface area contributed by atoms with Gasteiger partial charge in [0.25, 0.3) is 0 Å². The van der Waals surface area contributed by atoms with Gasteiger partial charge in [0, 0.05) is 6.42 Å². The molecule has 1 heterocycles. The van der Waals surface area contributed by atoms with Crippen LogP contribution in [0.3, 0.4) is 0 Å². The number of rotatable bonds is 1. The van der Waals surface area contributed by atoms with Gasteiger partial charge < -0.3 is 4.74 Å². The van der Waals surface area contributed by atoms with Crippen molar-refractivity contribution in [1.82, 2.24) is 0 Å². The van der Waals surface area contributed by atoms with Crippen molar-refractivity contribution >= 4 is 0 Å². The first-order valence-corrected chi connectivity index (χ1v) is 4.02. The van der Waals surface area contributed by atoms with Gasteiger partial charge in [-0.1, -0.05) is 12.1 Å². The van der Waals surface area contributed by atoms with Gasteiger partial charge in [-0.25, -0.2) is 0 Å². The van der Waals surface area contributed by atoms with Crippen molar-refractivity contribution in [2.24, 2.45) is 0 Å². The second-order valence-electron chi connectivity index (χ2n) is 2.88. The van der Waals surface area contributed by atoms with E-state index in [1.807, 2.05) is 12.1 Å². The van der Waals surface area contributed by atoms with Crippen molar-refractivity contribution in [3.63, 3.8) is 0 Å². The van der Waals surface area contributed by atoms with Crippen molar-refractivity contribution in [1.29, 1.82) is 5.26 Å². The second kappa shape index (κ2) is 2.86. The summed E-state index contributed by atoms with van der Waals surface area (Å²) in [6.07, 6.45) is 1.47. The summed E-state index contributed by atoms with van der Waals surface area (Å²) in [6, 6.07) is 8.10. The molecule has 1 aromatic rings. The molecular weight excluding hydrogens is 150 g/mol. The van der Waals surface area contributed by atoms with Gasteiger partial charge in [-0.3, -0.25) is 0 Å². The highest BCUT2D eigenvalue weighted by atomic mass is 16.5. The summed E-state index contributed by atoms with van der Waals surface area (Å²) < 4.78 is 5.35. The lowest BCUT2D eigenvalue weighted by molar-refractivity contribution is 0.357. The molecule has 60 valence electrons. The summed E-state index contributed by atoms with van der Waals surface area (Å²) in [7, 11) is 0. The van der Waals surface area contributed by atoms with Crippen LogP contribution in [0.4, 0.5) is 0 Å². The van der Waals surface area contributed by atoms with Crippen LogP contribution in [0.1, 0.15) is 11.1 Å². The van der Waals surface area contributed by atoms with Crippen LogP contribution in [-0.4, -0.2) is 6.61 Å². The maximum atomic E-state index is 8.49. The standard InChI is InChI=1S/C10H9NO/c11-5-3-8-1-2-10-9(7-8)4-6-12-10/h1-2,7H,3-4,6H2. The predicted octanol–water partition coefficient (Wildman–Crippen LogP) is 1.69. The number of nitriles is 1. The molecule has 0 radical (unpaired) electrons. The van der Waals surface area contributed by atoms with Crippen LogP contribution in [0.5, 0.6) is 5.75 Å². The van der Waals surface area contributed by atoms with Crippen molar-refractivity contribution in [2.45, 2.75) is 12.8 Å². The Balaban J connectivity index is 2.34. The van der Waals surface area contributed by atoms with Crippen LogP contribution in [0.15, 0.2) is 18.2 Å². The number of fused-ring (bicyclic) bond motifs is 1. The van der Waals surface area contributed by atoms with E-state index in [0.29, 0.717) is 6.42 Å². The second-order valence-corrected chi connectivity index (χ2v) is 2.88. The van der Waals surface area contributed by atoms with Crippen LogP contribution in [0, 0.1) is 11.3 Å². The van der Waals surface area contributed by atoms with Gasteiger partial charge in [0.05, 0.1) is 19.1 Å². The van der Waals surface area contributed by atoms with E-state index in [9.17, 15) is 0 Å². The summed E-state index contributed by atoms with van der Waals surface area (Å²) in [5, 5.41) is 8.49. The molecule has 1 aliphatic rings. The lowest BCUT2D eigenvalue weighted by Gasteiger charge is -1.99. The molecule has 2 nitrogen and oxygen atoms in total. The molecule has 0 saturated heterocycles. The van der Waals surface area contributed by atoms with Crippen LogP contribution in [-0.2, 0) is 12.8 Å². The summed E-state index contributed by atoms with van der Waals surface area (Å²) >= 11 is 0. The minimum absolute atomic E-state index is 0.493. The zero-order valence-electron chi connectivity index (χ0n) is 6.71. The molecule has 0 N–H and O–H groups in total. The Bertz CT molecular complexity index is 338. The average molecular weight is 159 g/mol. The number of hydrogen-bond acceptors (Lipinski definition) is 2. The quantitative estimate of drug-likeness (QED) is 0.624. The monoisotopic (exact) mass is 159 g/mol. The molecule has 0 unspecified atom stereocenters. The van der Waals surface area contributed by atoms with Gasteiger partial charge in [-0.15, -0.1) is 0 Å². The molecule has 2 rings (SSSR count). The molecule has 2 heteroatoms. The Labute approximate surface area is 71.4 Å². The molecule has 0 fully saturated rings. The van der Waals surface area contributed by atoms with Crippen molar-refractivity contribution in [3.05, 3.63) is 29.3 Å². The van der Waals surface area contributed by atoms with Crippen molar-refractivity contribution in [2.75, 3.05) is 6.61 Å². The fraction of sp³-hybridized carbons (Fsp3) is 0.300. The Kier molecular flexibility index (Phi) is 1.71. The highest BCUT2D eigenvalue weighted by Gasteiger charge is 2.11. The molecule has 0 spiro atoms. The number of hydrogen-bond donors (Lipinski definition) is 0. The lowest BCUT2D eigenvalue weighted by atomic mass is 10.1. The number of ether oxygens (including phenoxy) is 1. The minimum Gasteiger partial charge on any atom is -0.493 e. The van der Waals surface area contributed by atoms with Gasteiger partial charge in [0.1, 0.15) is 5.75 Å². The molecule has 0 bridgehead atoms. The van der Waals surface area contributed by atoms with Gasteiger partial charge >= 0.3 is 0 Å². The molecule has 0 saturated carbocycles. The molecule has 1 aromatic carbocycles. The zero-order chi connectivity index (χ0) is 8.39. The Morgan fingerprint density at radius 2 is 2.42 bits per heavy atom. The summed E-state index contributed by atoms with van der Waals surface area (Å²) in [5.74, 6) is 0.983. The van der Waals surface area contributed by atoms with E-state index >= 15 is 0 Å². The van der Waals surface area contributed by atoms with E-state index in [1.54, 1.807) is 0 Å². The van der Waals surface area contributed by atoms with Gasteiger partial charge in [-0.05, 0) is 17.2 Å². The van der Waals surface area contributed by atoms with Gasteiger partial charge in [0.2, 0.25) is 0 Å². The molecule has 0 aromatic heterocycles. The van der Waals surface area contributed by atoms with E-state index in [0.717, 1.165) is 24.3 Å². The molecule has 0 atom stereocenters. The van der Waals surface area contributed by atoms with Crippen LogP contribution in [0.25, 0.3) is 0 Å². The first-order valence-electron chi connectivity index (χ1n) is 4.02. The van der Waals surface area contributed by atoms with Gasteiger partial charge in [-0.2, -0.15) is 5.26 Å². The van der Waals surface area contributed by atoms with Crippen molar-refractivity contribution in [3.8, 4) is 11.8 Å². The lowest BCUT2D eigenvalue weighted by Crippen LogP contribution is -1.85. The molecule has 1 aliphatic heterocycles. The average Bonchev–Trinajstić information content (AvgIpc) is 2.51. The van der Waals surface area contributed by atoms with Crippen molar-refractivity contribution < 1.29 is 4.74 Å². The van der Waals surface area contributed by atoms with E-state index < -0.39 is 0 Å². The van der Waals surface area contributed by atoms with E-state index in [4.69, 9.17) is 10.00 Å². The van der Waals surface area contributed by atoms with E-state index in [-0.39, 0.29) is 0 Å². The Hall–Kier alpha value is -1.49.